The standard InChI is InChI=1S/C19H23N3O2/c1-21-10-12(11-22-5-6-24-19(22)23)7-15-14-3-2-4-16-18(14)13(9-20-16)8-17(15)21/h2-4,9,12,15,17,20H,5-8,10-11H2,1H3/t12-,15+,17+/m0/s1. The van der Waals surface area contributed by atoms with Gasteiger partial charge in [0.2, 0.25) is 0 Å². The first-order valence-electron chi connectivity index (χ1n) is 8.91. The second kappa shape index (κ2) is 5.24. The van der Waals surface area contributed by atoms with Crippen molar-refractivity contribution in [2.24, 2.45) is 5.92 Å². The smallest absolute Gasteiger partial charge is 0.409 e. The first-order chi connectivity index (χ1) is 11.7. The second-order valence-corrected chi connectivity index (χ2v) is 7.56. The number of carbonyl (C=O) groups excluding carboxylic acids is 1. The summed E-state index contributed by atoms with van der Waals surface area (Å²) < 4.78 is 5.09. The molecule has 24 heavy (non-hydrogen) atoms. The van der Waals surface area contributed by atoms with Gasteiger partial charge in [0.05, 0.1) is 6.54 Å². The average Bonchev–Trinajstić information content (AvgIpc) is 3.17. The minimum Gasteiger partial charge on any atom is -0.448 e. The van der Waals surface area contributed by atoms with Gasteiger partial charge >= 0.3 is 6.09 Å². The zero-order valence-corrected chi connectivity index (χ0v) is 14.0. The van der Waals surface area contributed by atoms with Crippen molar-refractivity contribution in [2.45, 2.75) is 24.8 Å². The van der Waals surface area contributed by atoms with E-state index < -0.39 is 0 Å². The molecule has 2 aromatic rings. The number of ether oxygens (including phenoxy) is 1. The van der Waals surface area contributed by atoms with Gasteiger partial charge in [0.15, 0.2) is 0 Å². The molecule has 2 saturated heterocycles. The van der Waals surface area contributed by atoms with Gasteiger partial charge in [-0.25, -0.2) is 4.79 Å². The summed E-state index contributed by atoms with van der Waals surface area (Å²) in [6.07, 6.45) is 4.32. The van der Waals surface area contributed by atoms with Gasteiger partial charge in [0, 0.05) is 42.1 Å². The van der Waals surface area contributed by atoms with Gasteiger partial charge < -0.3 is 19.5 Å². The predicted octanol–water partition coefficient (Wildman–Crippen LogP) is 2.58. The number of likely N-dealkylation sites (tertiary alicyclic amines) is 1. The Morgan fingerprint density at radius 3 is 3.12 bits per heavy atom. The van der Waals surface area contributed by atoms with E-state index in [-0.39, 0.29) is 6.09 Å². The number of carbonyl (C=O) groups is 1. The second-order valence-electron chi connectivity index (χ2n) is 7.56. The lowest BCUT2D eigenvalue weighted by Crippen LogP contribution is -2.50. The molecular formula is C19H23N3O2. The maximum Gasteiger partial charge on any atom is 0.409 e. The number of aromatic amines is 1. The number of hydrogen-bond acceptors (Lipinski definition) is 3. The Morgan fingerprint density at radius 1 is 1.38 bits per heavy atom. The molecule has 3 aliphatic rings. The van der Waals surface area contributed by atoms with Crippen LogP contribution >= 0.6 is 0 Å². The third kappa shape index (κ3) is 2.07. The van der Waals surface area contributed by atoms with Gasteiger partial charge in [-0.3, -0.25) is 0 Å². The van der Waals surface area contributed by atoms with Crippen LogP contribution in [0, 0.1) is 5.92 Å². The Kier molecular flexibility index (Phi) is 3.13. The van der Waals surface area contributed by atoms with E-state index in [9.17, 15) is 4.79 Å². The number of H-pyrrole nitrogens is 1. The van der Waals surface area contributed by atoms with Crippen LogP contribution in [0.1, 0.15) is 23.5 Å². The number of hydrogen-bond donors (Lipinski definition) is 1. The van der Waals surface area contributed by atoms with Crippen LogP contribution in [0.25, 0.3) is 10.9 Å². The number of amides is 1. The van der Waals surface area contributed by atoms with Crippen molar-refractivity contribution in [2.75, 3.05) is 33.3 Å². The van der Waals surface area contributed by atoms with Crippen molar-refractivity contribution < 1.29 is 9.53 Å². The predicted molar refractivity (Wildman–Crippen MR) is 92.2 cm³/mol. The summed E-state index contributed by atoms with van der Waals surface area (Å²) in [5.41, 5.74) is 4.20. The number of cyclic esters (lactones) is 1. The highest BCUT2D eigenvalue weighted by Gasteiger charge is 2.40. The molecular weight excluding hydrogens is 302 g/mol. The monoisotopic (exact) mass is 325 g/mol. The van der Waals surface area contributed by atoms with Crippen molar-refractivity contribution in [1.29, 1.82) is 0 Å². The molecule has 0 spiro atoms. The molecule has 126 valence electrons. The summed E-state index contributed by atoms with van der Waals surface area (Å²) in [6, 6.07) is 7.21. The fourth-order valence-electron chi connectivity index (χ4n) is 5.09. The largest absolute Gasteiger partial charge is 0.448 e. The minimum atomic E-state index is -0.140. The van der Waals surface area contributed by atoms with Crippen LogP contribution in [0.15, 0.2) is 24.4 Å². The van der Waals surface area contributed by atoms with Crippen molar-refractivity contribution in [3.05, 3.63) is 35.5 Å². The number of nitrogens with zero attached hydrogens (tertiary/aromatic N) is 2. The Hall–Kier alpha value is -2.01. The topological polar surface area (TPSA) is 48.6 Å². The summed E-state index contributed by atoms with van der Waals surface area (Å²) >= 11 is 0. The van der Waals surface area contributed by atoms with Gasteiger partial charge in [-0.05, 0) is 43.0 Å². The lowest BCUT2D eigenvalue weighted by molar-refractivity contribution is 0.0933. The number of aromatic nitrogens is 1. The number of nitrogens with one attached hydrogen (secondary N) is 1. The normalized spacial score (nSPS) is 29.8. The number of rotatable bonds is 2. The summed E-state index contributed by atoms with van der Waals surface area (Å²) in [4.78, 5) is 19.6. The molecule has 0 unspecified atom stereocenters. The maximum atomic E-state index is 11.8. The zero-order chi connectivity index (χ0) is 16.3. The molecule has 1 N–H and O–H groups in total. The molecule has 3 atom stereocenters. The van der Waals surface area contributed by atoms with Crippen LogP contribution in [0.4, 0.5) is 4.79 Å². The van der Waals surface area contributed by atoms with E-state index in [1.807, 2.05) is 4.90 Å². The van der Waals surface area contributed by atoms with E-state index in [0.29, 0.717) is 24.5 Å². The van der Waals surface area contributed by atoms with Crippen LogP contribution in [-0.2, 0) is 11.2 Å². The van der Waals surface area contributed by atoms with Crippen LogP contribution in [0.3, 0.4) is 0 Å². The van der Waals surface area contributed by atoms with E-state index in [2.05, 4.69) is 41.3 Å². The molecule has 0 radical (unpaired) electrons. The highest BCUT2D eigenvalue weighted by Crippen LogP contribution is 2.44. The molecule has 5 nitrogen and oxygen atoms in total. The van der Waals surface area contributed by atoms with Gasteiger partial charge in [-0.1, -0.05) is 12.1 Å². The molecule has 2 fully saturated rings. The van der Waals surface area contributed by atoms with Crippen LogP contribution < -0.4 is 0 Å². The quantitative estimate of drug-likeness (QED) is 0.923. The third-order valence-corrected chi connectivity index (χ3v) is 6.14. The molecule has 0 bridgehead atoms. The summed E-state index contributed by atoms with van der Waals surface area (Å²) in [5.74, 6) is 1.07. The molecule has 5 heteroatoms. The average molecular weight is 325 g/mol. The van der Waals surface area contributed by atoms with Crippen molar-refractivity contribution in [3.8, 4) is 0 Å². The molecule has 1 aliphatic carbocycles. The zero-order valence-electron chi connectivity index (χ0n) is 14.0. The summed E-state index contributed by atoms with van der Waals surface area (Å²) in [7, 11) is 2.24. The number of piperidine rings is 1. The molecule has 1 amide bonds. The first-order valence-corrected chi connectivity index (χ1v) is 8.91. The van der Waals surface area contributed by atoms with E-state index in [1.165, 1.54) is 22.0 Å². The highest BCUT2D eigenvalue weighted by atomic mass is 16.6. The fraction of sp³-hybridized carbons (Fsp3) is 0.526. The van der Waals surface area contributed by atoms with Gasteiger partial charge in [0.1, 0.15) is 6.61 Å². The van der Waals surface area contributed by atoms with E-state index >= 15 is 0 Å². The van der Waals surface area contributed by atoms with E-state index in [1.54, 1.807) is 0 Å². The molecule has 5 rings (SSSR count). The molecule has 1 aromatic heterocycles. The Labute approximate surface area is 141 Å². The molecule has 2 aliphatic heterocycles. The number of likely N-dealkylation sites (N-methyl/N-ethyl adjacent to an activating group) is 1. The Bertz CT molecular complexity index is 799. The number of benzene rings is 1. The van der Waals surface area contributed by atoms with Crippen LogP contribution in [0.5, 0.6) is 0 Å². The van der Waals surface area contributed by atoms with E-state index in [4.69, 9.17) is 4.74 Å². The van der Waals surface area contributed by atoms with Crippen molar-refractivity contribution >= 4 is 17.0 Å². The van der Waals surface area contributed by atoms with Gasteiger partial charge in [-0.2, -0.15) is 0 Å². The summed E-state index contributed by atoms with van der Waals surface area (Å²) in [5, 5.41) is 1.44. The van der Waals surface area contributed by atoms with Gasteiger partial charge in [0.25, 0.3) is 0 Å². The lowest BCUT2D eigenvalue weighted by Gasteiger charge is -2.46. The van der Waals surface area contributed by atoms with Crippen LogP contribution in [0.2, 0.25) is 0 Å². The highest BCUT2D eigenvalue weighted by molar-refractivity contribution is 5.88. The molecule has 0 saturated carbocycles. The molecule has 3 heterocycles. The fourth-order valence-corrected chi connectivity index (χ4v) is 5.09. The molecule has 1 aromatic carbocycles. The minimum absolute atomic E-state index is 0.140. The van der Waals surface area contributed by atoms with Crippen molar-refractivity contribution in [1.82, 2.24) is 14.8 Å². The maximum absolute atomic E-state index is 11.8. The van der Waals surface area contributed by atoms with Gasteiger partial charge in [-0.15, -0.1) is 0 Å². The lowest BCUT2D eigenvalue weighted by atomic mass is 9.72. The Balaban J connectivity index is 1.46. The summed E-state index contributed by atoms with van der Waals surface area (Å²) in [6.45, 7) is 3.16. The van der Waals surface area contributed by atoms with Crippen molar-refractivity contribution in [3.63, 3.8) is 0 Å². The first kappa shape index (κ1) is 14.3. The SMILES string of the molecule is CN1C[C@@H](CN2CCOC2=O)C[C@@H]2c3cccc4[nH]cc(c34)C[C@H]21. The van der Waals surface area contributed by atoms with E-state index in [0.717, 1.165) is 32.5 Å². The van der Waals surface area contributed by atoms with Crippen LogP contribution in [-0.4, -0.2) is 60.2 Å². The third-order valence-electron chi connectivity index (χ3n) is 6.14. The Morgan fingerprint density at radius 2 is 2.29 bits per heavy atom. The number of fused-ring (bicyclic) bond motifs is 2.